The molecule has 2 aliphatic rings. The van der Waals surface area contributed by atoms with Gasteiger partial charge in [0.2, 0.25) is 0 Å². The van der Waals surface area contributed by atoms with Crippen molar-refractivity contribution in [2.24, 2.45) is 0 Å². The van der Waals surface area contributed by atoms with Crippen LogP contribution in [0.5, 0.6) is 0 Å². The number of rotatable bonds is 6. The minimum absolute atomic E-state index is 0.176. The Morgan fingerprint density at radius 1 is 1.00 bits per heavy atom. The smallest absolute Gasteiger partial charge is 0.336 e. The van der Waals surface area contributed by atoms with Gasteiger partial charge in [0, 0.05) is 5.75 Å². The lowest BCUT2D eigenvalue weighted by molar-refractivity contribution is -0.196. The molecule has 2 aliphatic heterocycles. The van der Waals surface area contributed by atoms with Crippen LogP contribution in [-0.2, 0) is 32.6 Å². The first-order valence-corrected chi connectivity index (χ1v) is 8.53. The first kappa shape index (κ1) is 15.7. The summed E-state index contributed by atoms with van der Waals surface area (Å²) in [5, 5.41) is 0. The van der Waals surface area contributed by atoms with Crippen molar-refractivity contribution in [3.8, 4) is 0 Å². The standard InChI is InChI=1S/C10H19O7PS/c11-18(5-6-19,16-9-7-12-1-3-14-9)17-10-8-13-2-4-15-10/h9-10,19H,1-8H2. The molecule has 0 aromatic heterocycles. The third-order valence-corrected chi connectivity index (χ3v) is 4.96. The summed E-state index contributed by atoms with van der Waals surface area (Å²) >= 11 is 4.07. The van der Waals surface area contributed by atoms with E-state index < -0.39 is 20.2 Å². The first-order valence-electron chi connectivity index (χ1n) is 6.17. The fraction of sp³-hybridized carbons (Fsp3) is 1.00. The summed E-state index contributed by atoms with van der Waals surface area (Å²) in [5.41, 5.74) is 0. The highest BCUT2D eigenvalue weighted by Gasteiger charge is 2.34. The van der Waals surface area contributed by atoms with Crippen LogP contribution in [0.25, 0.3) is 0 Å². The van der Waals surface area contributed by atoms with Crippen molar-refractivity contribution in [3.63, 3.8) is 0 Å². The van der Waals surface area contributed by atoms with E-state index in [1.807, 2.05) is 0 Å². The van der Waals surface area contributed by atoms with Gasteiger partial charge in [0.05, 0.1) is 45.8 Å². The molecule has 0 amide bonds. The van der Waals surface area contributed by atoms with Crippen molar-refractivity contribution in [2.75, 3.05) is 51.6 Å². The van der Waals surface area contributed by atoms with E-state index in [0.29, 0.717) is 32.2 Å². The van der Waals surface area contributed by atoms with Crippen LogP contribution in [-0.4, -0.2) is 64.1 Å². The van der Waals surface area contributed by atoms with Crippen LogP contribution in [0.4, 0.5) is 0 Å². The van der Waals surface area contributed by atoms with Crippen molar-refractivity contribution in [1.29, 1.82) is 0 Å². The summed E-state index contributed by atoms with van der Waals surface area (Å²) in [6.07, 6.45) is -1.18. The molecule has 0 bridgehead atoms. The highest BCUT2D eigenvalue weighted by atomic mass is 32.1. The number of thiol groups is 1. The van der Waals surface area contributed by atoms with Gasteiger partial charge in [-0.2, -0.15) is 12.6 Å². The maximum atomic E-state index is 12.6. The van der Waals surface area contributed by atoms with Gasteiger partial charge in [-0.15, -0.1) is 0 Å². The van der Waals surface area contributed by atoms with E-state index in [1.54, 1.807) is 0 Å². The Bertz CT molecular complexity index is 280. The molecule has 2 atom stereocenters. The van der Waals surface area contributed by atoms with Crippen LogP contribution >= 0.6 is 20.2 Å². The molecule has 7 nitrogen and oxygen atoms in total. The molecule has 0 radical (unpaired) electrons. The molecule has 2 rings (SSSR count). The molecule has 0 spiro atoms. The predicted molar refractivity (Wildman–Crippen MR) is 69.6 cm³/mol. The summed E-state index contributed by atoms with van der Waals surface area (Å²) in [6.45, 7) is 2.32. The minimum Gasteiger partial charge on any atom is -0.374 e. The van der Waals surface area contributed by atoms with Gasteiger partial charge in [0.15, 0.2) is 12.6 Å². The van der Waals surface area contributed by atoms with Crippen LogP contribution in [0.1, 0.15) is 0 Å². The molecule has 0 N–H and O–H groups in total. The normalized spacial score (nSPS) is 31.8. The highest BCUT2D eigenvalue weighted by molar-refractivity contribution is 7.80. The van der Waals surface area contributed by atoms with Gasteiger partial charge >= 0.3 is 7.60 Å². The maximum Gasteiger partial charge on any atom is 0.336 e. The average molecular weight is 314 g/mol. The molecule has 0 aromatic rings. The third kappa shape index (κ3) is 5.32. The third-order valence-electron chi connectivity index (χ3n) is 2.50. The zero-order chi connectivity index (χ0) is 13.6. The Hall–Kier alpha value is 0.340. The Labute approximate surface area is 117 Å². The van der Waals surface area contributed by atoms with Crippen LogP contribution in [0.15, 0.2) is 0 Å². The lowest BCUT2D eigenvalue weighted by Gasteiger charge is -2.30. The Morgan fingerprint density at radius 2 is 1.53 bits per heavy atom. The minimum atomic E-state index is -3.34. The van der Waals surface area contributed by atoms with Crippen LogP contribution < -0.4 is 0 Å². The Morgan fingerprint density at radius 3 is 1.89 bits per heavy atom. The molecular formula is C10H19O7PS. The SMILES string of the molecule is O=P(CCS)(OC1COCCO1)OC1COCCO1. The molecule has 19 heavy (non-hydrogen) atoms. The van der Waals surface area contributed by atoms with Crippen molar-refractivity contribution in [2.45, 2.75) is 12.6 Å². The van der Waals surface area contributed by atoms with Gasteiger partial charge in [0.1, 0.15) is 0 Å². The summed E-state index contributed by atoms with van der Waals surface area (Å²) in [5.74, 6) is 0.373. The van der Waals surface area contributed by atoms with Crippen molar-refractivity contribution < 1.29 is 32.6 Å². The average Bonchev–Trinajstić information content (AvgIpc) is 2.41. The van der Waals surface area contributed by atoms with Gasteiger partial charge < -0.3 is 18.9 Å². The number of hydrogen-bond acceptors (Lipinski definition) is 8. The van der Waals surface area contributed by atoms with E-state index in [0.717, 1.165) is 0 Å². The van der Waals surface area contributed by atoms with Gasteiger partial charge in [-0.3, -0.25) is 13.6 Å². The summed E-state index contributed by atoms with van der Waals surface area (Å²) in [7, 11) is -3.34. The number of ether oxygens (including phenoxy) is 4. The second-order valence-electron chi connectivity index (χ2n) is 4.02. The predicted octanol–water partition coefficient (Wildman–Crippen LogP) is 0.888. The maximum absolute atomic E-state index is 12.6. The lowest BCUT2D eigenvalue weighted by Crippen LogP contribution is -2.33. The van der Waals surface area contributed by atoms with Crippen molar-refractivity contribution in [3.05, 3.63) is 0 Å². The largest absolute Gasteiger partial charge is 0.374 e. The summed E-state index contributed by atoms with van der Waals surface area (Å²) < 4.78 is 44.4. The monoisotopic (exact) mass is 314 g/mol. The van der Waals surface area contributed by atoms with E-state index in [9.17, 15) is 4.57 Å². The van der Waals surface area contributed by atoms with E-state index in [2.05, 4.69) is 12.6 Å². The molecule has 0 aromatic carbocycles. The fourth-order valence-electron chi connectivity index (χ4n) is 1.67. The molecule has 0 saturated carbocycles. The highest BCUT2D eigenvalue weighted by Crippen LogP contribution is 2.51. The summed E-state index contributed by atoms with van der Waals surface area (Å²) in [6, 6.07) is 0. The van der Waals surface area contributed by atoms with Gasteiger partial charge in [-0.05, 0) is 0 Å². The second kappa shape index (κ2) is 7.95. The zero-order valence-electron chi connectivity index (χ0n) is 10.6. The molecule has 9 heteroatoms. The van der Waals surface area contributed by atoms with E-state index >= 15 is 0 Å². The Balaban J connectivity index is 1.89. The zero-order valence-corrected chi connectivity index (χ0v) is 12.4. The molecule has 112 valence electrons. The van der Waals surface area contributed by atoms with Crippen LogP contribution in [0, 0.1) is 0 Å². The quantitative estimate of drug-likeness (QED) is 0.576. The molecule has 2 heterocycles. The van der Waals surface area contributed by atoms with Crippen LogP contribution in [0.3, 0.4) is 0 Å². The molecule has 2 fully saturated rings. The van der Waals surface area contributed by atoms with Gasteiger partial charge in [-0.25, -0.2) is 0 Å². The van der Waals surface area contributed by atoms with Gasteiger partial charge in [0.25, 0.3) is 0 Å². The van der Waals surface area contributed by atoms with Crippen LogP contribution in [0.2, 0.25) is 0 Å². The summed E-state index contributed by atoms with van der Waals surface area (Å²) in [4.78, 5) is 0. The topological polar surface area (TPSA) is 72.5 Å². The van der Waals surface area contributed by atoms with E-state index in [-0.39, 0.29) is 19.4 Å². The molecular weight excluding hydrogens is 295 g/mol. The second-order valence-corrected chi connectivity index (χ2v) is 6.56. The number of hydrogen-bond donors (Lipinski definition) is 1. The van der Waals surface area contributed by atoms with Crippen molar-refractivity contribution >= 4 is 20.2 Å². The van der Waals surface area contributed by atoms with Gasteiger partial charge in [-0.1, -0.05) is 0 Å². The fourth-order valence-corrected chi connectivity index (χ4v) is 3.87. The van der Waals surface area contributed by atoms with E-state index in [1.165, 1.54) is 0 Å². The van der Waals surface area contributed by atoms with Crippen molar-refractivity contribution in [1.82, 2.24) is 0 Å². The molecule has 0 aliphatic carbocycles. The lowest BCUT2D eigenvalue weighted by atomic mass is 10.6. The van der Waals surface area contributed by atoms with E-state index in [4.69, 9.17) is 28.0 Å². The Kier molecular flexibility index (Phi) is 6.58. The molecule has 2 unspecified atom stereocenters. The molecule has 2 saturated heterocycles. The first-order chi connectivity index (χ1) is 9.22.